The molecule has 1 fully saturated rings. The van der Waals surface area contributed by atoms with Crippen LogP contribution < -0.4 is 5.73 Å². The molecule has 1 amide bonds. The number of carbonyl (C=O) groups excluding carboxylic acids is 1. The number of hydrogen-bond acceptors (Lipinski definition) is 4. The van der Waals surface area contributed by atoms with Crippen LogP contribution in [0.4, 0.5) is 5.82 Å². The van der Waals surface area contributed by atoms with Crippen LogP contribution in [0.1, 0.15) is 50.5 Å². The molecule has 3 N–H and O–H groups in total. The third-order valence-electron chi connectivity index (χ3n) is 3.93. The lowest BCUT2D eigenvalue weighted by Gasteiger charge is -2.39. The average Bonchev–Trinajstić information content (AvgIpc) is 2.90. The summed E-state index contributed by atoms with van der Waals surface area (Å²) in [6.45, 7) is 7.69. The molecular formula is C15H26N4O2. The molecule has 118 valence electrons. The molecule has 2 rings (SSSR count). The van der Waals surface area contributed by atoms with E-state index < -0.39 is 0 Å². The first-order valence-corrected chi connectivity index (χ1v) is 7.76. The van der Waals surface area contributed by atoms with Crippen LogP contribution in [-0.2, 0) is 4.74 Å². The summed E-state index contributed by atoms with van der Waals surface area (Å²) in [5.41, 5.74) is 6.03. The van der Waals surface area contributed by atoms with Crippen LogP contribution in [0.2, 0.25) is 0 Å². The van der Waals surface area contributed by atoms with Gasteiger partial charge in [-0.1, -0.05) is 33.6 Å². The zero-order valence-corrected chi connectivity index (χ0v) is 13.1. The number of H-pyrrole nitrogens is 1. The summed E-state index contributed by atoms with van der Waals surface area (Å²) in [6, 6.07) is 1.59. The van der Waals surface area contributed by atoms with Gasteiger partial charge in [-0.25, -0.2) is 0 Å². The Hall–Kier alpha value is -1.56. The Morgan fingerprint density at radius 2 is 2.33 bits per heavy atom. The molecule has 21 heavy (non-hydrogen) atoms. The molecule has 1 aromatic heterocycles. The van der Waals surface area contributed by atoms with Crippen molar-refractivity contribution >= 4 is 11.7 Å². The number of ether oxygens (including phenoxy) is 1. The standard InChI is InChI=1S/C15H26N4O2/c1-4-5-6-11-8-19(9-13(21-11)10(2)3)15(20)12-7-14(16)18-17-12/h7,10-11,13H,4-6,8-9H2,1-3H3,(H3,16,17,18)/t11-,13-/m1/s1. The Kier molecular flexibility index (Phi) is 5.22. The summed E-state index contributed by atoms with van der Waals surface area (Å²) in [6.07, 6.45) is 3.46. The van der Waals surface area contributed by atoms with E-state index in [1.54, 1.807) is 6.07 Å². The second-order valence-corrected chi connectivity index (χ2v) is 6.10. The van der Waals surface area contributed by atoms with E-state index in [0.29, 0.717) is 30.5 Å². The molecule has 6 nitrogen and oxygen atoms in total. The Morgan fingerprint density at radius 3 is 2.90 bits per heavy atom. The number of unbranched alkanes of at least 4 members (excludes halogenated alkanes) is 1. The minimum Gasteiger partial charge on any atom is -0.382 e. The number of amides is 1. The zero-order valence-electron chi connectivity index (χ0n) is 13.1. The number of anilines is 1. The van der Waals surface area contributed by atoms with Crippen LogP contribution in [0, 0.1) is 5.92 Å². The molecule has 1 saturated heterocycles. The van der Waals surface area contributed by atoms with Crippen LogP contribution in [0.15, 0.2) is 6.07 Å². The van der Waals surface area contributed by atoms with Gasteiger partial charge in [0, 0.05) is 19.2 Å². The summed E-state index contributed by atoms with van der Waals surface area (Å²) in [7, 11) is 0. The zero-order chi connectivity index (χ0) is 15.4. The van der Waals surface area contributed by atoms with E-state index in [2.05, 4.69) is 31.0 Å². The highest BCUT2D eigenvalue weighted by atomic mass is 16.5. The highest BCUT2D eigenvalue weighted by Gasteiger charge is 2.32. The minimum atomic E-state index is -0.0466. The van der Waals surface area contributed by atoms with Gasteiger partial charge < -0.3 is 15.4 Å². The number of morpholine rings is 1. The van der Waals surface area contributed by atoms with E-state index in [4.69, 9.17) is 10.5 Å². The second kappa shape index (κ2) is 6.93. The number of rotatable bonds is 5. The van der Waals surface area contributed by atoms with Gasteiger partial charge in [-0.3, -0.25) is 9.89 Å². The summed E-state index contributed by atoms with van der Waals surface area (Å²) in [5.74, 6) is 0.681. The molecule has 1 aliphatic heterocycles. The van der Waals surface area contributed by atoms with E-state index in [-0.39, 0.29) is 18.1 Å². The number of nitrogens with one attached hydrogen (secondary N) is 1. The maximum Gasteiger partial charge on any atom is 0.272 e. The number of aromatic nitrogens is 2. The van der Waals surface area contributed by atoms with Crippen LogP contribution in [0.3, 0.4) is 0 Å². The summed E-state index contributed by atoms with van der Waals surface area (Å²) < 4.78 is 6.13. The van der Waals surface area contributed by atoms with Gasteiger partial charge in [0.05, 0.1) is 12.2 Å². The molecule has 1 aromatic rings. The number of hydrogen-bond donors (Lipinski definition) is 2. The van der Waals surface area contributed by atoms with Crippen molar-refractivity contribution in [1.82, 2.24) is 15.1 Å². The normalized spacial score (nSPS) is 22.8. The van der Waals surface area contributed by atoms with Gasteiger partial charge in [-0.05, 0) is 12.3 Å². The molecule has 1 aliphatic rings. The van der Waals surface area contributed by atoms with Crippen molar-refractivity contribution in [3.8, 4) is 0 Å². The van der Waals surface area contributed by atoms with E-state index in [1.807, 2.05) is 4.90 Å². The first kappa shape index (κ1) is 15.8. The summed E-state index contributed by atoms with van der Waals surface area (Å²) in [4.78, 5) is 14.4. The SMILES string of the molecule is CCCC[C@@H]1CN(C(=O)c2cc(N)n[nH]2)C[C@H](C(C)C)O1. The molecule has 0 spiro atoms. The number of nitrogens with zero attached hydrogens (tertiary/aromatic N) is 2. The van der Waals surface area contributed by atoms with Gasteiger partial charge >= 0.3 is 0 Å². The van der Waals surface area contributed by atoms with Crippen LogP contribution in [0.5, 0.6) is 0 Å². The summed E-state index contributed by atoms with van der Waals surface area (Å²) in [5, 5.41) is 6.53. The first-order chi connectivity index (χ1) is 10.0. The maximum absolute atomic E-state index is 12.5. The molecule has 0 saturated carbocycles. The van der Waals surface area contributed by atoms with E-state index in [1.165, 1.54) is 0 Å². The van der Waals surface area contributed by atoms with Gasteiger partial charge in [0.1, 0.15) is 11.5 Å². The Labute approximate surface area is 126 Å². The second-order valence-electron chi connectivity index (χ2n) is 6.10. The highest BCUT2D eigenvalue weighted by molar-refractivity contribution is 5.93. The lowest BCUT2D eigenvalue weighted by molar-refractivity contribution is -0.0963. The fourth-order valence-electron chi connectivity index (χ4n) is 2.61. The lowest BCUT2D eigenvalue weighted by atomic mass is 10.0. The van der Waals surface area contributed by atoms with Crippen molar-refractivity contribution in [2.45, 2.75) is 52.2 Å². The minimum absolute atomic E-state index is 0.0466. The van der Waals surface area contributed by atoms with Gasteiger partial charge in [0.15, 0.2) is 0 Å². The number of nitrogen functional groups attached to an aromatic ring is 1. The monoisotopic (exact) mass is 294 g/mol. The Morgan fingerprint density at radius 1 is 1.57 bits per heavy atom. The largest absolute Gasteiger partial charge is 0.382 e. The maximum atomic E-state index is 12.5. The van der Waals surface area contributed by atoms with Crippen molar-refractivity contribution < 1.29 is 9.53 Å². The number of aromatic amines is 1. The predicted octanol–water partition coefficient (Wildman–Crippen LogP) is 2.05. The van der Waals surface area contributed by atoms with Crippen molar-refractivity contribution in [2.75, 3.05) is 18.8 Å². The van der Waals surface area contributed by atoms with Crippen molar-refractivity contribution in [3.05, 3.63) is 11.8 Å². The van der Waals surface area contributed by atoms with Gasteiger partial charge in [0.25, 0.3) is 5.91 Å². The quantitative estimate of drug-likeness (QED) is 0.870. The summed E-state index contributed by atoms with van der Waals surface area (Å²) >= 11 is 0. The van der Waals surface area contributed by atoms with Crippen LogP contribution in [0.25, 0.3) is 0 Å². The van der Waals surface area contributed by atoms with Crippen molar-refractivity contribution in [2.24, 2.45) is 5.92 Å². The molecule has 2 heterocycles. The van der Waals surface area contributed by atoms with Crippen molar-refractivity contribution in [1.29, 1.82) is 0 Å². The molecule has 0 bridgehead atoms. The van der Waals surface area contributed by atoms with Gasteiger partial charge in [-0.15, -0.1) is 0 Å². The van der Waals surface area contributed by atoms with E-state index >= 15 is 0 Å². The topological polar surface area (TPSA) is 84.2 Å². The molecule has 0 unspecified atom stereocenters. The van der Waals surface area contributed by atoms with E-state index in [9.17, 15) is 4.79 Å². The highest BCUT2D eigenvalue weighted by Crippen LogP contribution is 2.22. The molecule has 6 heteroatoms. The molecular weight excluding hydrogens is 268 g/mol. The smallest absolute Gasteiger partial charge is 0.272 e. The third-order valence-corrected chi connectivity index (χ3v) is 3.93. The predicted molar refractivity (Wildman–Crippen MR) is 81.9 cm³/mol. The number of carbonyl (C=O) groups is 1. The molecule has 2 atom stereocenters. The number of nitrogens with two attached hydrogens (primary N) is 1. The van der Waals surface area contributed by atoms with E-state index in [0.717, 1.165) is 19.3 Å². The first-order valence-electron chi connectivity index (χ1n) is 7.76. The van der Waals surface area contributed by atoms with Gasteiger partial charge in [0.2, 0.25) is 0 Å². The van der Waals surface area contributed by atoms with Gasteiger partial charge in [-0.2, -0.15) is 5.10 Å². The third kappa shape index (κ3) is 3.97. The fraction of sp³-hybridized carbons (Fsp3) is 0.733. The fourth-order valence-corrected chi connectivity index (χ4v) is 2.61. The van der Waals surface area contributed by atoms with Crippen LogP contribution in [-0.4, -0.2) is 46.3 Å². The lowest BCUT2D eigenvalue weighted by Crippen LogP contribution is -2.51. The Balaban J connectivity index is 2.07. The molecule has 0 aromatic carbocycles. The van der Waals surface area contributed by atoms with Crippen LogP contribution >= 0.6 is 0 Å². The average molecular weight is 294 g/mol. The van der Waals surface area contributed by atoms with Crippen molar-refractivity contribution in [3.63, 3.8) is 0 Å². The Bertz CT molecular complexity index is 472. The molecule has 0 aliphatic carbocycles. The molecule has 0 radical (unpaired) electrons.